The highest BCUT2D eigenvalue weighted by Gasteiger charge is 2.41. The predicted molar refractivity (Wildman–Crippen MR) is 101 cm³/mol. The van der Waals surface area contributed by atoms with E-state index in [1.54, 1.807) is 13.8 Å². The Labute approximate surface area is 156 Å². The van der Waals surface area contributed by atoms with Crippen molar-refractivity contribution in [3.63, 3.8) is 0 Å². The molecule has 0 saturated carbocycles. The maximum absolute atomic E-state index is 12.8. The van der Waals surface area contributed by atoms with Crippen LogP contribution in [0.25, 0.3) is 0 Å². The molecular formula is C18H22N4O3S. The lowest BCUT2D eigenvalue weighted by molar-refractivity contribution is -0.133. The molecule has 2 aromatic rings. The summed E-state index contributed by atoms with van der Waals surface area (Å²) in [5.41, 5.74) is 0.552. The summed E-state index contributed by atoms with van der Waals surface area (Å²) in [6.07, 6.45) is 0. The fraction of sp³-hybridized carbons (Fsp3) is 0.444. The Kier molecular flexibility index (Phi) is 4.70. The number of fused-ring (bicyclic) bond motifs is 1. The Balaban J connectivity index is 1.82. The second-order valence-electron chi connectivity index (χ2n) is 7.12. The minimum absolute atomic E-state index is 0.112. The number of aryl methyl sites for hydroxylation is 1. The molecule has 0 bridgehead atoms. The van der Waals surface area contributed by atoms with Crippen LogP contribution in [0.4, 0.5) is 10.8 Å². The van der Waals surface area contributed by atoms with Gasteiger partial charge in [-0.05, 0) is 38.5 Å². The number of ether oxygens (including phenoxy) is 1. The van der Waals surface area contributed by atoms with Gasteiger partial charge in [-0.15, -0.1) is 10.2 Å². The Morgan fingerprint density at radius 1 is 1.35 bits per heavy atom. The molecule has 1 N–H and O–H groups in total. The Morgan fingerprint density at radius 3 is 2.73 bits per heavy atom. The molecular weight excluding hydrogens is 352 g/mol. The first-order valence-corrected chi connectivity index (χ1v) is 9.24. The molecule has 0 fully saturated rings. The summed E-state index contributed by atoms with van der Waals surface area (Å²) in [6.45, 7) is 9.24. The van der Waals surface area contributed by atoms with Crippen LogP contribution in [0.3, 0.4) is 0 Å². The predicted octanol–water partition coefficient (Wildman–Crippen LogP) is 3.11. The Hall–Kier alpha value is -2.48. The van der Waals surface area contributed by atoms with Gasteiger partial charge in [0.25, 0.3) is 5.91 Å². The minimum atomic E-state index is -1.03. The third-order valence-electron chi connectivity index (χ3n) is 4.01. The first-order valence-electron chi connectivity index (χ1n) is 8.42. The molecule has 3 rings (SSSR count). The Bertz CT molecular complexity index is 860. The van der Waals surface area contributed by atoms with Crippen molar-refractivity contribution < 1.29 is 14.3 Å². The van der Waals surface area contributed by atoms with Crippen LogP contribution in [0, 0.1) is 6.92 Å². The number of hydrogen-bond acceptors (Lipinski definition) is 6. The lowest BCUT2D eigenvalue weighted by Crippen LogP contribution is -2.54. The van der Waals surface area contributed by atoms with Crippen LogP contribution in [-0.4, -0.2) is 34.2 Å². The molecule has 8 heteroatoms. The molecule has 1 aromatic carbocycles. The molecule has 2 amide bonds. The quantitative estimate of drug-likeness (QED) is 0.889. The van der Waals surface area contributed by atoms with E-state index in [4.69, 9.17) is 4.74 Å². The van der Waals surface area contributed by atoms with E-state index >= 15 is 0 Å². The average Bonchev–Trinajstić information content (AvgIpc) is 3.01. The van der Waals surface area contributed by atoms with Gasteiger partial charge in [0.2, 0.25) is 11.0 Å². The zero-order valence-electron chi connectivity index (χ0n) is 15.5. The summed E-state index contributed by atoms with van der Waals surface area (Å²) in [5.74, 6) is 0.251. The number of hydrogen-bond donors (Lipinski definition) is 1. The molecule has 0 unspecified atom stereocenters. The van der Waals surface area contributed by atoms with Crippen LogP contribution in [0.1, 0.15) is 44.2 Å². The van der Waals surface area contributed by atoms with Gasteiger partial charge in [0.1, 0.15) is 17.3 Å². The van der Waals surface area contributed by atoms with Crippen molar-refractivity contribution in [1.29, 1.82) is 0 Å². The van der Waals surface area contributed by atoms with E-state index in [9.17, 15) is 9.59 Å². The van der Waals surface area contributed by atoms with E-state index < -0.39 is 5.60 Å². The average molecular weight is 374 g/mol. The second kappa shape index (κ2) is 6.68. The van der Waals surface area contributed by atoms with Gasteiger partial charge < -0.3 is 4.74 Å². The van der Waals surface area contributed by atoms with Gasteiger partial charge in [-0.2, -0.15) is 0 Å². The summed E-state index contributed by atoms with van der Waals surface area (Å²) in [4.78, 5) is 26.8. The van der Waals surface area contributed by atoms with Gasteiger partial charge >= 0.3 is 0 Å². The molecule has 2 heterocycles. The van der Waals surface area contributed by atoms with Crippen LogP contribution in [0.5, 0.6) is 5.75 Å². The van der Waals surface area contributed by atoms with Gasteiger partial charge in [-0.1, -0.05) is 31.3 Å². The SMILES string of the molecule is Cc1ccc2c(c1)N(CC(=O)Nc1nnc(C(C)C)s1)C(=O)C(C)(C)O2. The summed E-state index contributed by atoms with van der Waals surface area (Å²) in [7, 11) is 0. The van der Waals surface area contributed by atoms with Crippen molar-refractivity contribution in [2.75, 3.05) is 16.8 Å². The fourth-order valence-corrected chi connectivity index (χ4v) is 3.42. The van der Waals surface area contributed by atoms with Gasteiger partial charge in [0.05, 0.1) is 5.69 Å². The normalized spacial score (nSPS) is 15.6. The smallest absolute Gasteiger partial charge is 0.271 e. The van der Waals surface area contributed by atoms with Gasteiger partial charge in [0, 0.05) is 5.92 Å². The lowest BCUT2D eigenvalue weighted by Gasteiger charge is -2.38. The van der Waals surface area contributed by atoms with Crippen LogP contribution in [-0.2, 0) is 9.59 Å². The standard InChI is InChI=1S/C18H22N4O3S/c1-10(2)15-20-21-17(26-15)19-14(23)9-22-12-8-11(3)6-7-13(12)25-18(4,5)16(22)24/h6-8,10H,9H2,1-5H3,(H,19,21,23). The van der Waals surface area contributed by atoms with Gasteiger partial charge in [0.15, 0.2) is 5.60 Å². The van der Waals surface area contributed by atoms with Gasteiger partial charge in [-0.25, -0.2) is 0 Å². The van der Waals surface area contributed by atoms with Crippen LogP contribution >= 0.6 is 11.3 Å². The van der Waals surface area contributed by atoms with Crippen LogP contribution < -0.4 is 15.0 Å². The number of carbonyl (C=O) groups excluding carboxylic acids is 2. The third kappa shape index (κ3) is 3.55. The molecule has 1 aromatic heterocycles. The highest BCUT2D eigenvalue weighted by molar-refractivity contribution is 7.15. The molecule has 26 heavy (non-hydrogen) atoms. The first kappa shape index (κ1) is 18.3. The van der Waals surface area contributed by atoms with Crippen molar-refractivity contribution in [2.45, 2.75) is 46.1 Å². The number of benzene rings is 1. The molecule has 7 nitrogen and oxygen atoms in total. The lowest BCUT2D eigenvalue weighted by atomic mass is 10.0. The minimum Gasteiger partial charge on any atom is -0.476 e. The third-order valence-corrected chi connectivity index (χ3v) is 5.15. The summed E-state index contributed by atoms with van der Waals surface area (Å²) in [5, 5.41) is 12.1. The van der Waals surface area contributed by atoms with Crippen molar-refractivity contribution >= 4 is 34.0 Å². The number of nitrogens with one attached hydrogen (secondary N) is 1. The molecule has 0 radical (unpaired) electrons. The van der Waals surface area contributed by atoms with Crippen LogP contribution in [0.2, 0.25) is 0 Å². The number of anilines is 2. The van der Waals surface area contributed by atoms with Crippen molar-refractivity contribution in [2.24, 2.45) is 0 Å². The van der Waals surface area contributed by atoms with E-state index in [1.807, 2.05) is 39.0 Å². The zero-order chi connectivity index (χ0) is 19.1. The number of carbonyl (C=O) groups is 2. The largest absolute Gasteiger partial charge is 0.476 e. The molecule has 1 aliphatic heterocycles. The Morgan fingerprint density at radius 2 is 2.08 bits per heavy atom. The summed E-state index contributed by atoms with van der Waals surface area (Å²) >= 11 is 1.34. The van der Waals surface area contributed by atoms with Crippen molar-refractivity contribution in [3.05, 3.63) is 28.8 Å². The van der Waals surface area contributed by atoms with Crippen LogP contribution in [0.15, 0.2) is 18.2 Å². The highest BCUT2D eigenvalue weighted by atomic mass is 32.1. The maximum Gasteiger partial charge on any atom is 0.271 e. The fourth-order valence-electron chi connectivity index (χ4n) is 2.66. The van der Waals surface area contributed by atoms with E-state index in [0.29, 0.717) is 16.6 Å². The molecule has 138 valence electrons. The topological polar surface area (TPSA) is 84.4 Å². The zero-order valence-corrected chi connectivity index (χ0v) is 16.3. The summed E-state index contributed by atoms with van der Waals surface area (Å²) < 4.78 is 5.80. The molecule has 1 aliphatic rings. The first-order chi connectivity index (χ1) is 12.2. The van der Waals surface area contributed by atoms with E-state index in [-0.39, 0.29) is 24.3 Å². The number of aromatic nitrogens is 2. The number of amides is 2. The molecule has 0 atom stereocenters. The van der Waals surface area contributed by atoms with Crippen molar-refractivity contribution in [1.82, 2.24) is 10.2 Å². The van der Waals surface area contributed by atoms with Gasteiger partial charge in [-0.3, -0.25) is 19.8 Å². The molecule has 0 saturated heterocycles. The summed E-state index contributed by atoms with van der Waals surface area (Å²) in [6, 6.07) is 5.58. The number of nitrogens with zero attached hydrogens (tertiary/aromatic N) is 3. The molecule has 0 aliphatic carbocycles. The van der Waals surface area contributed by atoms with E-state index in [0.717, 1.165) is 10.6 Å². The van der Waals surface area contributed by atoms with E-state index in [1.165, 1.54) is 16.2 Å². The highest BCUT2D eigenvalue weighted by Crippen LogP contribution is 2.38. The monoisotopic (exact) mass is 374 g/mol. The van der Waals surface area contributed by atoms with E-state index in [2.05, 4.69) is 15.5 Å². The second-order valence-corrected chi connectivity index (χ2v) is 8.13. The number of rotatable bonds is 4. The molecule has 0 spiro atoms. The van der Waals surface area contributed by atoms with Crippen molar-refractivity contribution in [3.8, 4) is 5.75 Å². The maximum atomic E-state index is 12.8.